The van der Waals surface area contributed by atoms with Crippen LogP contribution in [0.2, 0.25) is 0 Å². The first-order valence-electron chi connectivity index (χ1n) is 4.08. The molecule has 1 aromatic carbocycles. The zero-order chi connectivity index (χ0) is 11.0. The number of carbonyl (C=O) groups is 1. The van der Waals surface area contributed by atoms with E-state index in [1.807, 2.05) is 31.2 Å². The number of benzene rings is 1. The van der Waals surface area contributed by atoms with Gasteiger partial charge in [0.05, 0.1) is 6.26 Å². The Bertz CT molecular complexity index is 301. The van der Waals surface area contributed by atoms with E-state index in [-0.39, 0.29) is 0 Å². The summed E-state index contributed by atoms with van der Waals surface area (Å²) in [6.07, 6.45) is 1.43. The maximum Gasteiger partial charge on any atom is 0.126 e. The summed E-state index contributed by atoms with van der Waals surface area (Å²) in [7, 11) is 0. The predicted molar refractivity (Wildman–Crippen MR) is 52.7 cm³/mol. The minimum Gasteiger partial charge on any atom is -0.550 e. The molecule has 0 atom stereocenters. The van der Waals surface area contributed by atoms with Gasteiger partial charge in [0.2, 0.25) is 0 Å². The Morgan fingerprint density at radius 1 is 1.57 bits per heavy atom. The number of ether oxygens (including phenoxy) is 1. The molecule has 0 aliphatic heterocycles. The molecule has 1 aromatic rings. The molecule has 0 aliphatic rings. The molecule has 3 heteroatoms. The molecule has 0 heterocycles. The van der Waals surface area contributed by atoms with Crippen LogP contribution in [0.25, 0.3) is 0 Å². The second-order valence-electron chi connectivity index (χ2n) is 2.59. The Labute approximate surface area is 83.6 Å². The number of hydrogen-bond acceptors (Lipinski definition) is 3. The van der Waals surface area contributed by atoms with Crippen LogP contribution in [0.4, 0.5) is 0 Å². The molecule has 0 amide bonds. The molecular formula is C11H13O3-. The summed E-state index contributed by atoms with van der Waals surface area (Å²) in [5.41, 5.74) is 1.19. The Balaban J connectivity index is 0.000000364. The van der Waals surface area contributed by atoms with Gasteiger partial charge >= 0.3 is 0 Å². The van der Waals surface area contributed by atoms with Gasteiger partial charge in [0.15, 0.2) is 0 Å². The van der Waals surface area contributed by atoms with Crippen molar-refractivity contribution in [3.63, 3.8) is 0 Å². The quantitative estimate of drug-likeness (QED) is 0.664. The van der Waals surface area contributed by atoms with E-state index in [0.29, 0.717) is 0 Å². The van der Waals surface area contributed by atoms with Gasteiger partial charge in [-0.2, -0.15) is 0 Å². The van der Waals surface area contributed by atoms with Gasteiger partial charge in [-0.15, -0.1) is 0 Å². The summed E-state index contributed by atoms with van der Waals surface area (Å²) in [4.78, 5) is 8.89. The summed E-state index contributed by atoms with van der Waals surface area (Å²) in [6.45, 7) is 6.46. The number of rotatable bonds is 2. The highest BCUT2D eigenvalue weighted by Gasteiger charge is 1.88. The van der Waals surface area contributed by atoms with Crippen molar-refractivity contribution >= 4 is 5.97 Å². The lowest BCUT2D eigenvalue weighted by Gasteiger charge is -1.98. The maximum absolute atomic E-state index is 8.89. The first-order chi connectivity index (χ1) is 6.56. The van der Waals surface area contributed by atoms with E-state index >= 15 is 0 Å². The van der Waals surface area contributed by atoms with Crippen LogP contribution in [0.3, 0.4) is 0 Å². The van der Waals surface area contributed by atoms with Crippen LogP contribution in [0, 0.1) is 6.92 Å². The third-order valence-corrected chi connectivity index (χ3v) is 1.21. The predicted octanol–water partition coefficient (Wildman–Crippen LogP) is 1.27. The van der Waals surface area contributed by atoms with Crippen molar-refractivity contribution in [3.8, 4) is 5.75 Å². The fourth-order valence-corrected chi connectivity index (χ4v) is 0.785. The maximum atomic E-state index is 8.89. The first-order valence-corrected chi connectivity index (χ1v) is 4.08. The Morgan fingerprint density at radius 2 is 2.14 bits per heavy atom. The molecule has 76 valence electrons. The Kier molecular flexibility index (Phi) is 5.87. The number of carboxylic acid groups (broad SMARTS) is 1. The van der Waals surface area contributed by atoms with Crippen molar-refractivity contribution in [3.05, 3.63) is 42.7 Å². The summed E-state index contributed by atoms with van der Waals surface area (Å²) in [6, 6.07) is 7.83. The topological polar surface area (TPSA) is 49.4 Å². The highest BCUT2D eigenvalue weighted by Crippen LogP contribution is 2.11. The van der Waals surface area contributed by atoms with E-state index in [1.54, 1.807) is 0 Å². The van der Waals surface area contributed by atoms with Gasteiger partial charge in [-0.3, -0.25) is 0 Å². The molecular weight excluding hydrogens is 180 g/mol. The zero-order valence-corrected chi connectivity index (χ0v) is 8.32. The minimum atomic E-state index is -1.08. The molecule has 0 saturated carbocycles. The van der Waals surface area contributed by atoms with Crippen molar-refractivity contribution in [2.45, 2.75) is 13.8 Å². The number of aryl methyl sites for hydroxylation is 1. The Morgan fingerprint density at radius 3 is 2.57 bits per heavy atom. The summed E-state index contributed by atoms with van der Waals surface area (Å²) in [5, 5.41) is 8.89. The minimum absolute atomic E-state index is 0.843. The van der Waals surface area contributed by atoms with Crippen LogP contribution in [-0.4, -0.2) is 5.97 Å². The van der Waals surface area contributed by atoms with Crippen molar-refractivity contribution in [1.82, 2.24) is 0 Å². The Hall–Kier alpha value is -1.77. The molecule has 1 rings (SSSR count). The smallest absolute Gasteiger partial charge is 0.126 e. The lowest BCUT2D eigenvalue weighted by molar-refractivity contribution is -0.302. The van der Waals surface area contributed by atoms with E-state index in [4.69, 9.17) is 14.6 Å². The largest absolute Gasteiger partial charge is 0.550 e. The van der Waals surface area contributed by atoms with Gasteiger partial charge in [0.25, 0.3) is 0 Å². The molecule has 0 spiro atoms. The number of carboxylic acids is 1. The van der Waals surface area contributed by atoms with Gasteiger partial charge < -0.3 is 14.6 Å². The van der Waals surface area contributed by atoms with Crippen LogP contribution in [0.1, 0.15) is 12.5 Å². The van der Waals surface area contributed by atoms with Gasteiger partial charge in [-0.25, -0.2) is 0 Å². The molecule has 14 heavy (non-hydrogen) atoms. The second kappa shape index (κ2) is 6.71. The number of carbonyl (C=O) groups excluding carboxylic acids is 1. The van der Waals surface area contributed by atoms with Crippen LogP contribution in [-0.2, 0) is 4.79 Å². The van der Waals surface area contributed by atoms with Gasteiger partial charge in [-0.1, -0.05) is 18.7 Å². The second-order valence-corrected chi connectivity index (χ2v) is 2.59. The molecule has 3 nitrogen and oxygen atoms in total. The molecule has 0 N–H and O–H groups in total. The van der Waals surface area contributed by atoms with Gasteiger partial charge in [0.1, 0.15) is 5.75 Å². The monoisotopic (exact) mass is 193 g/mol. The van der Waals surface area contributed by atoms with E-state index in [1.165, 1.54) is 11.8 Å². The van der Waals surface area contributed by atoms with Gasteiger partial charge in [0, 0.05) is 5.97 Å². The molecule has 0 bridgehead atoms. The SMILES string of the molecule is C=COc1cccc(C)c1.CC(=O)[O-]. The zero-order valence-electron chi connectivity index (χ0n) is 8.32. The molecule has 0 fully saturated rings. The van der Waals surface area contributed by atoms with E-state index in [9.17, 15) is 0 Å². The third-order valence-electron chi connectivity index (χ3n) is 1.21. The van der Waals surface area contributed by atoms with Crippen LogP contribution < -0.4 is 9.84 Å². The van der Waals surface area contributed by atoms with Crippen molar-refractivity contribution in [2.24, 2.45) is 0 Å². The van der Waals surface area contributed by atoms with Crippen molar-refractivity contribution in [2.75, 3.05) is 0 Å². The number of aliphatic carboxylic acids is 1. The highest BCUT2D eigenvalue weighted by molar-refractivity contribution is 5.60. The van der Waals surface area contributed by atoms with E-state index < -0.39 is 5.97 Å². The summed E-state index contributed by atoms with van der Waals surface area (Å²) >= 11 is 0. The summed E-state index contributed by atoms with van der Waals surface area (Å²) < 4.78 is 5.05. The number of hydrogen-bond donors (Lipinski definition) is 0. The van der Waals surface area contributed by atoms with Gasteiger partial charge in [-0.05, 0) is 31.5 Å². The summed E-state index contributed by atoms with van der Waals surface area (Å²) in [5.74, 6) is -0.241. The normalized spacial score (nSPS) is 8.14. The fraction of sp³-hybridized carbons (Fsp3) is 0.182. The molecule has 0 aliphatic carbocycles. The van der Waals surface area contributed by atoms with Crippen molar-refractivity contribution in [1.29, 1.82) is 0 Å². The molecule has 0 aromatic heterocycles. The van der Waals surface area contributed by atoms with Crippen LogP contribution in [0.15, 0.2) is 37.1 Å². The lowest BCUT2D eigenvalue weighted by Crippen LogP contribution is -2.16. The molecule has 0 saturated heterocycles. The molecule has 0 radical (unpaired) electrons. The third kappa shape index (κ3) is 6.91. The average molecular weight is 193 g/mol. The van der Waals surface area contributed by atoms with E-state index in [2.05, 4.69) is 6.58 Å². The van der Waals surface area contributed by atoms with Crippen LogP contribution in [0.5, 0.6) is 5.75 Å². The lowest BCUT2D eigenvalue weighted by atomic mass is 10.2. The first kappa shape index (κ1) is 12.2. The molecule has 0 unspecified atom stereocenters. The average Bonchev–Trinajstić information content (AvgIpc) is 2.03. The highest BCUT2D eigenvalue weighted by atomic mass is 16.5. The van der Waals surface area contributed by atoms with Crippen LogP contribution >= 0.6 is 0 Å². The van der Waals surface area contributed by atoms with E-state index in [0.717, 1.165) is 12.7 Å². The fourth-order valence-electron chi connectivity index (χ4n) is 0.785. The standard InChI is InChI=1S/C9H10O.C2H4O2/c1-3-10-9-6-4-5-8(2)7-9;1-2(3)4/h3-7H,1H2,2H3;1H3,(H,3,4)/p-1. The van der Waals surface area contributed by atoms with Crippen molar-refractivity contribution < 1.29 is 14.6 Å².